The van der Waals surface area contributed by atoms with Crippen molar-refractivity contribution in [2.75, 3.05) is 12.4 Å². The number of anilines is 1. The van der Waals surface area contributed by atoms with Crippen LogP contribution in [0.5, 0.6) is 5.75 Å². The second kappa shape index (κ2) is 5.46. The summed E-state index contributed by atoms with van der Waals surface area (Å²) in [5.74, 6) is -0.0719. The first kappa shape index (κ1) is 15.3. The molecule has 0 aliphatic heterocycles. The summed E-state index contributed by atoms with van der Waals surface area (Å²) in [6.45, 7) is 0. The molecule has 18 heavy (non-hydrogen) atoms. The number of phenolic OH excluding ortho intramolecular Hbond substituents is 1. The average molecular weight is 275 g/mol. The number of fused-ring (bicyclic) bond motifs is 1. The molecule has 0 radical (unpaired) electrons. The number of rotatable bonds is 2. The van der Waals surface area contributed by atoms with E-state index in [1.165, 1.54) is 30.3 Å². The zero-order valence-electron chi connectivity index (χ0n) is 9.97. The summed E-state index contributed by atoms with van der Waals surface area (Å²) in [4.78, 5) is -0.331. The maximum atomic E-state index is 11.1. The van der Waals surface area contributed by atoms with Crippen LogP contribution in [0, 0.1) is 0 Å². The Balaban J connectivity index is 0.00000162. The Morgan fingerprint density at radius 1 is 1.22 bits per heavy atom. The first-order valence-electron chi connectivity index (χ1n) is 4.83. The predicted octanol–water partition coefficient (Wildman–Crippen LogP) is -1.50. The molecule has 90 valence electrons. The molecule has 0 spiro atoms. The van der Waals surface area contributed by atoms with Crippen molar-refractivity contribution in [3.8, 4) is 5.75 Å². The smallest absolute Gasteiger partial charge is 0.744 e. The molecular formula is C11H10NNaO4S. The van der Waals surface area contributed by atoms with E-state index >= 15 is 0 Å². The topological polar surface area (TPSA) is 89.5 Å². The van der Waals surface area contributed by atoms with Gasteiger partial charge in [0.05, 0.1) is 4.90 Å². The molecule has 0 aliphatic carbocycles. The van der Waals surface area contributed by atoms with Crippen molar-refractivity contribution in [2.24, 2.45) is 0 Å². The van der Waals surface area contributed by atoms with E-state index in [9.17, 15) is 18.1 Å². The Morgan fingerprint density at radius 3 is 2.44 bits per heavy atom. The number of nitrogens with one attached hydrogen (secondary N) is 1. The van der Waals surface area contributed by atoms with Crippen LogP contribution in [0.15, 0.2) is 35.2 Å². The maximum absolute atomic E-state index is 11.1. The quantitative estimate of drug-likeness (QED) is 0.514. The van der Waals surface area contributed by atoms with Crippen LogP contribution in [0.25, 0.3) is 10.8 Å². The fraction of sp³-hybridized carbons (Fsp3) is 0.0909. The van der Waals surface area contributed by atoms with Crippen LogP contribution < -0.4 is 34.9 Å². The fourth-order valence-corrected chi connectivity index (χ4v) is 2.46. The van der Waals surface area contributed by atoms with Crippen LogP contribution in [0.2, 0.25) is 0 Å². The summed E-state index contributed by atoms with van der Waals surface area (Å²) in [5, 5.41) is 13.1. The summed E-state index contributed by atoms with van der Waals surface area (Å²) >= 11 is 0. The van der Waals surface area contributed by atoms with Crippen LogP contribution in [0.3, 0.4) is 0 Å². The SMILES string of the molecule is CNc1ccc(S(=O)(=O)[O-])c2cccc(O)c12.[Na+]. The normalized spacial score (nSPS) is 11.0. The van der Waals surface area contributed by atoms with Crippen molar-refractivity contribution in [1.29, 1.82) is 0 Å². The van der Waals surface area contributed by atoms with E-state index in [4.69, 9.17) is 0 Å². The molecule has 0 unspecified atom stereocenters. The second-order valence-electron chi connectivity index (χ2n) is 3.52. The Morgan fingerprint density at radius 2 is 1.89 bits per heavy atom. The van der Waals surface area contributed by atoms with Crippen molar-refractivity contribution >= 4 is 26.6 Å². The van der Waals surface area contributed by atoms with Gasteiger partial charge in [-0.05, 0) is 18.2 Å². The van der Waals surface area contributed by atoms with E-state index < -0.39 is 10.1 Å². The van der Waals surface area contributed by atoms with E-state index in [2.05, 4.69) is 5.32 Å². The molecule has 0 amide bonds. The van der Waals surface area contributed by atoms with Crippen LogP contribution in [0.1, 0.15) is 0 Å². The zero-order valence-corrected chi connectivity index (χ0v) is 12.8. The summed E-state index contributed by atoms with van der Waals surface area (Å²) in [7, 11) is -2.91. The number of benzene rings is 2. The molecule has 0 aliphatic rings. The molecule has 0 aromatic heterocycles. The molecule has 0 bridgehead atoms. The second-order valence-corrected chi connectivity index (χ2v) is 4.86. The van der Waals surface area contributed by atoms with Crippen molar-refractivity contribution in [3.63, 3.8) is 0 Å². The van der Waals surface area contributed by atoms with Crippen molar-refractivity contribution < 1.29 is 47.6 Å². The van der Waals surface area contributed by atoms with Gasteiger partial charge in [-0.3, -0.25) is 0 Å². The van der Waals surface area contributed by atoms with Gasteiger partial charge in [0.1, 0.15) is 15.9 Å². The van der Waals surface area contributed by atoms with E-state index in [1.54, 1.807) is 7.05 Å². The van der Waals surface area contributed by atoms with Gasteiger partial charge in [-0.2, -0.15) is 0 Å². The van der Waals surface area contributed by atoms with E-state index in [0.717, 1.165) is 0 Å². The van der Waals surface area contributed by atoms with E-state index in [0.29, 0.717) is 11.1 Å². The number of hydrogen-bond acceptors (Lipinski definition) is 5. The first-order valence-corrected chi connectivity index (χ1v) is 6.24. The van der Waals surface area contributed by atoms with Gasteiger partial charge in [-0.25, -0.2) is 8.42 Å². The largest absolute Gasteiger partial charge is 1.00 e. The van der Waals surface area contributed by atoms with Gasteiger partial charge in [-0.15, -0.1) is 0 Å². The molecule has 0 saturated heterocycles. The molecule has 0 heterocycles. The fourth-order valence-electron chi connectivity index (χ4n) is 1.79. The zero-order chi connectivity index (χ0) is 12.6. The van der Waals surface area contributed by atoms with Crippen LogP contribution >= 0.6 is 0 Å². The number of phenols is 1. The standard InChI is InChI=1S/C11H11NO4S.Na/c1-12-8-5-6-10(17(14,15)16)7-3-2-4-9(13)11(7)8;/h2-6,12-13H,1H3,(H,14,15,16);/q;+1/p-1. The monoisotopic (exact) mass is 275 g/mol. The summed E-state index contributed by atoms with van der Waals surface area (Å²) < 4.78 is 33.3. The van der Waals surface area contributed by atoms with E-state index in [1.807, 2.05) is 0 Å². The van der Waals surface area contributed by atoms with Gasteiger partial charge in [0.15, 0.2) is 0 Å². The minimum atomic E-state index is -4.56. The molecule has 2 N–H and O–H groups in total. The Kier molecular flexibility index (Phi) is 4.63. The Labute approximate surface area is 127 Å². The maximum Gasteiger partial charge on any atom is 1.00 e. The molecule has 0 atom stereocenters. The van der Waals surface area contributed by atoms with Crippen LogP contribution in [-0.2, 0) is 10.1 Å². The molecule has 0 fully saturated rings. The average Bonchev–Trinajstić information content (AvgIpc) is 2.26. The third-order valence-corrected chi connectivity index (χ3v) is 3.41. The van der Waals surface area contributed by atoms with Crippen molar-refractivity contribution in [1.82, 2.24) is 0 Å². The van der Waals surface area contributed by atoms with Gasteiger partial charge in [0.2, 0.25) is 0 Å². The third-order valence-electron chi connectivity index (χ3n) is 2.52. The minimum absolute atomic E-state index is 0. The summed E-state index contributed by atoms with van der Waals surface area (Å²) in [6.07, 6.45) is 0. The third kappa shape index (κ3) is 2.62. The molecule has 0 saturated carbocycles. The van der Waals surface area contributed by atoms with Crippen molar-refractivity contribution in [3.05, 3.63) is 30.3 Å². The minimum Gasteiger partial charge on any atom is -0.744 e. The Bertz CT molecular complexity index is 685. The van der Waals surface area contributed by atoms with Crippen LogP contribution in [-0.4, -0.2) is 25.1 Å². The molecule has 5 nitrogen and oxygen atoms in total. The van der Waals surface area contributed by atoms with Gasteiger partial charge >= 0.3 is 29.6 Å². The predicted molar refractivity (Wildman–Crippen MR) is 63.1 cm³/mol. The molecular weight excluding hydrogens is 265 g/mol. The molecule has 2 rings (SSSR count). The Hall–Kier alpha value is -0.790. The van der Waals surface area contributed by atoms with Gasteiger partial charge in [-0.1, -0.05) is 12.1 Å². The molecule has 2 aromatic rings. The van der Waals surface area contributed by atoms with Gasteiger partial charge in [0.25, 0.3) is 0 Å². The van der Waals surface area contributed by atoms with Gasteiger partial charge in [0, 0.05) is 23.5 Å². The van der Waals surface area contributed by atoms with Crippen LogP contribution in [0.4, 0.5) is 5.69 Å². The molecule has 7 heteroatoms. The van der Waals surface area contributed by atoms with Gasteiger partial charge < -0.3 is 15.0 Å². The van der Waals surface area contributed by atoms with Crippen molar-refractivity contribution in [2.45, 2.75) is 4.90 Å². The summed E-state index contributed by atoms with van der Waals surface area (Å²) in [6, 6.07) is 7.10. The number of aromatic hydroxyl groups is 1. The van der Waals surface area contributed by atoms with E-state index in [-0.39, 0.29) is 45.6 Å². The first-order chi connectivity index (χ1) is 7.95. The summed E-state index contributed by atoms with van der Waals surface area (Å²) in [5.41, 5.74) is 0.561. The molecule has 2 aromatic carbocycles. The number of hydrogen-bond donors (Lipinski definition) is 2.